The molecule has 1 aliphatic heterocycles. The number of rotatable bonds is 7. The lowest BCUT2D eigenvalue weighted by Crippen LogP contribution is -2.32. The number of nitrogens with zero attached hydrogens (tertiary/aromatic N) is 2. The van der Waals surface area contributed by atoms with E-state index < -0.39 is 0 Å². The largest absolute Gasteiger partial charge is 0.484 e. The van der Waals surface area contributed by atoms with Gasteiger partial charge in [0.05, 0.1) is 21.7 Å². The van der Waals surface area contributed by atoms with Gasteiger partial charge in [0.2, 0.25) is 0 Å². The number of benzene rings is 2. The van der Waals surface area contributed by atoms with Crippen LogP contribution >= 0.6 is 23.5 Å². The fourth-order valence-corrected chi connectivity index (χ4v) is 6.55. The van der Waals surface area contributed by atoms with Crippen molar-refractivity contribution in [2.45, 2.75) is 37.4 Å². The van der Waals surface area contributed by atoms with Crippen molar-refractivity contribution in [3.05, 3.63) is 59.9 Å². The summed E-state index contributed by atoms with van der Waals surface area (Å²) in [6.07, 6.45) is 1.29. The SMILES string of the molecule is CCn1c(C(C)NC(=O)COc2ccc(C3SCCCS3)cc2)nc2ccccc21. The number of ether oxygens (including phenoxy) is 1. The predicted molar refractivity (Wildman–Crippen MR) is 126 cm³/mol. The summed E-state index contributed by atoms with van der Waals surface area (Å²) < 4.78 is 8.36. The summed E-state index contributed by atoms with van der Waals surface area (Å²) in [5.41, 5.74) is 3.34. The lowest BCUT2D eigenvalue weighted by Gasteiger charge is -2.21. The van der Waals surface area contributed by atoms with Crippen molar-refractivity contribution in [2.75, 3.05) is 18.1 Å². The summed E-state index contributed by atoms with van der Waals surface area (Å²) in [5.74, 6) is 3.87. The number of para-hydroxylation sites is 2. The van der Waals surface area contributed by atoms with E-state index in [0.717, 1.165) is 23.4 Å². The molecule has 2 heterocycles. The van der Waals surface area contributed by atoms with Gasteiger partial charge in [0, 0.05) is 6.54 Å². The van der Waals surface area contributed by atoms with Crippen LogP contribution in [0.3, 0.4) is 0 Å². The second kappa shape index (κ2) is 9.79. The van der Waals surface area contributed by atoms with E-state index in [-0.39, 0.29) is 18.6 Å². The molecule has 0 saturated carbocycles. The van der Waals surface area contributed by atoms with Gasteiger partial charge in [-0.15, -0.1) is 23.5 Å². The maximum atomic E-state index is 12.4. The molecule has 1 unspecified atom stereocenters. The van der Waals surface area contributed by atoms with Gasteiger partial charge < -0.3 is 14.6 Å². The van der Waals surface area contributed by atoms with Crippen molar-refractivity contribution in [1.29, 1.82) is 0 Å². The number of carbonyl (C=O) groups is 1. The highest BCUT2D eigenvalue weighted by atomic mass is 32.2. The molecule has 1 N–H and O–H groups in total. The van der Waals surface area contributed by atoms with E-state index in [2.05, 4.69) is 35.0 Å². The van der Waals surface area contributed by atoms with E-state index in [0.29, 0.717) is 10.3 Å². The van der Waals surface area contributed by atoms with Crippen LogP contribution in [0.15, 0.2) is 48.5 Å². The van der Waals surface area contributed by atoms with Crippen molar-refractivity contribution >= 4 is 40.5 Å². The minimum Gasteiger partial charge on any atom is -0.484 e. The van der Waals surface area contributed by atoms with Crippen LogP contribution in [0.4, 0.5) is 0 Å². The topological polar surface area (TPSA) is 56.2 Å². The van der Waals surface area contributed by atoms with Crippen molar-refractivity contribution in [2.24, 2.45) is 0 Å². The normalized spacial score (nSPS) is 15.8. The molecule has 1 saturated heterocycles. The van der Waals surface area contributed by atoms with Gasteiger partial charge in [0.25, 0.3) is 5.91 Å². The molecule has 3 aromatic rings. The molecular formula is C23H27N3O2S2. The van der Waals surface area contributed by atoms with Crippen LogP contribution in [0.1, 0.15) is 42.3 Å². The third kappa shape index (κ3) is 4.78. The third-order valence-corrected chi connectivity index (χ3v) is 8.13. The van der Waals surface area contributed by atoms with Crippen molar-refractivity contribution in [3.63, 3.8) is 0 Å². The number of amides is 1. The molecule has 0 radical (unpaired) electrons. The number of imidazole rings is 1. The number of hydrogen-bond acceptors (Lipinski definition) is 5. The summed E-state index contributed by atoms with van der Waals surface area (Å²) in [7, 11) is 0. The Morgan fingerprint density at radius 2 is 1.93 bits per heavy atom. The minimum absolute atomic E-state index is 0.0109. The number of aryl methyl sites for hydroxylation is 1. The molecule has 1 atom stereocenters. The summed E-state index contributed by atoms with van der Waals surface area (Å²) in [4.78, 5) is 17.2. The summed E-state index contributed by atoms with van der Waals surface area (Å²) in [6, 6.07) is 16.0. The fourth-order valence-electron chi connectivity index (χ4n) is 3.66. The molecule has 1 fully saturated rings. The average molecular weight is 442 g/mol. The van der Waals surface area contributed by atoms with E-state index in [4.69, 9.17) is 9.72 Å². The lowest BCUT2D eigenvalue weighted by molar-refractivity contribution is -0.123. The maximum Gasteiger partial charge on any atom is 0.258 e. The Morgan fingerprint density at radius 1 is 1.20 bits per heavy atom. The second-order valence-electron chi connectivity index (χ2n) is 7.28. The first-order chi connectivity index (χ1) is 14.7. The number of nitrogens with one attached hydrogen (secondary N) is 1. The van der Waals surface area contributed by atoms with Gasteiger partial charge in [-0.05, 0) is 61.6 Å². The standard InChI is InChI=1S/C23H27N3O2S2/c1-3-26-20-8-5-4-7-19(20)25-22(26)16(2)24-21(27)15-28-18-11-9-17(10-12-18)23-29-13-6-14-30-23/h4-5,7-12,16,23H,3,6,13-15H2,1-2H3,(H,24,27). The zero-order valence-corrected chi connectivity index (χ0v) is 19.0. The van der Waals surface area contributed by atoms with Gasteiger partial charge in [0.15, 0.2) is 6.61 Å². The van der Waals surface area contributed by atoms with Crippen molar-refractivity contribution < 1.29 is 9.53 Å². The van der Waals surface area contributed by atoms with E-state index in [1.54, 1.807) is 0 Å². The molecule has 0 aliphatic carbocycles. The van der Waals surface area contributed by atoms with Crippen LogP contribution in [0.5, 0.6) is 5.75 Å². The molecule has 7 heteroatoms. The zero-order chi connectivity index (χ0) is 20.9. The van der Waals surface area contributed by atoms with Crippen LogP contribution in [0.25, 0.3) is 11.0 Å². The van der Waals surface area contributed by atoms with Crippen LogP contribution in [0.2, 0.25) is 0 Å². The van der Waals surface area contributed by atoms with E-state index in [1.807, 2.05) is 60.8 Å². The lowest BCUT2D eigenvalue weighted by atomic mass is 10.2. The second-order valence-corrected chi connectivity index (χ2v) is 10.0. The third-order valence-electron chi connectivity index (χ3n) is 5.11. The summed E-state index contributed by atoms with van der Waals surface area (Å²) in [5, 5.41) is 3.01. The van der Waals surface area contributed by atoms with Gasteiger partial charge in [-0.2, -0.15) is 0 Å². The van der Waals surface area contributed by atoms with E-state index in [1.165, 1.54) is 23.5 Å². The quantitative estimate of drug-likeness (QED) is 0.547. The summed E-state index contributed by atoms with van der Waals surface area (Å²) >= 11 is 4.00. The Hall–Kier alpha value is -2.12. The van der Waals surface area contributed by atoms with Gasteiger partial charge in [0.1, 0.15) is 11.6 Å². The molecule has 5 nitrogen and oxygen atoms in total. The maximum absolute atomic E-state index is 12.4. The first-order valence-corrected chi connectivity index (χ1v) is 12.5. The zero-order valence-electron chi connectivity index (χ0n) is 17.3. The Balaban J connectivity index is 1.33. The van der Waals surface area contributed by atoms with Crippen molar-refractivity contribution in [3.8, 4) is 5.75 Å². The molecule has 158 valence electrons. The molecule has 4 rings (SSSR count). The predicted octanol–water partition coefficient (Wildman–Crippen LogP) is 5.18. The molecule has 0 spiro atoms. The van der Waals surface area contributed by atoms with Gasteiger partial charge in [-0.1, -0.05) is 24.3 Å². The highest BCUT2D eigenvalue weighted by molar-refractivity contribution is 8.16. The van der Waals surface area contributed by atoms with Crippen LogP contribution in [-0.2, 0) is 11.3 Å². The average Bonchev–Trinajstić information content (AvgIpc) is 3.17. The smallest absolute Gasteiger partial charge is 0.258 e. The Bertz CT molecular complexity index is 997. The molecular weight excluding hydrogens is 414 g/mol. The highest BCUT2D eigenvalue weighted by Crippen LogP contribution is 2.43. The van der Waals surface area contributed by atoms with Crippen LogP contribution < -0.4 is 10.1 Å². The number of aromatic nitrogens is 2. The fraction of sp³-hybridized carbons (Fsp3) is 0.391. The Labute approximate surface area is 186 Å². The van der Waals surface area contributed by atoms with Gasteiger partial charge >= 0.3 is 0 Å². The Kier molecular flexibility index (Phi) is 6.89. The first-order valence-electron chi connectivity index (χ1n) is 10.4. The van der Waals surface area contributed by atoms with Crippen LogP contribution in [-0.4, -0.2) is 33.6 Å². The molecule has 1 amide bonds. The summed E-state index contributed by atoms with van der Waals surface area (Å²) in [6.45, 7) is 4.84. The van der Waals surface area contributed by atoms with Crippen molar-refractivity contribution in [1.82, 2.24) is 14.9 Å². The number of hydrogen-bond donors (Lipinski definition) is 1. The highest BCUT2D eigenvalue weighted by Gasteiger charge is 2.18. The molecule has 30 heavy (non-hydrogen) atoms. The number of carbonyl (C=O) groups excluding carboxylic acids is 1. The minimum atomic E-state index is -0.198. The molecule has 2 aromatic carbocycles. The van der Waals surface area contributed by atoms with Crippen LogP contribution in [0, 0.1) is 0 Å². The van der Waals surface area contributed by atoms with E-state index in [9.17, 15) is 4.79 Å². The monoisotopic (exact) mass is 441 g/mol. The van der Waals surface area contributed by atoms with Gasteiger partial charge in [-0.25, -0.2) is 4.98 Å². The Morgan fingerprint density at radius 3 is 2.67 bits per heavy atom. The number of thioether (sulfide) groups is 2. The van der Waals surface area contributed by atoms with Gasteiger partial charge in [-0.3, -0.25) is 4.79 Å². The molecule has 1 aromatic heterocycles. The first kappa shape index (κ1) is 21.1. The molecule has 0 bridgehead atoms. The van der Waals surface area contributed by atoms with E-state index >= 15 is 0 Å². The number of fused-ring (bicyclic) bond motifs is 1. The molecule has 1 aliphatic rings.